The molecule has 0 spiro atoms. The highest BCUT2D eigenvalue weighted by atomic mass is 16.2. The Morgan fingerprint density at radius 3 is 2.86 bits per heavy atom. The van der Waals surface area contributed by atoms with Crippen LogP contribution in [0, 0.1) is 0 Å². The van der Waals surface area contributed by atoms with Gasteiger partial charge in [0.05, 0.1) is 17.2 Å². The minimum atomic E-state index is -0.250. The van der Waals surface area contributed by atoms with E-state index in [2.05, 4.69) is 9.97 Å². The molecule has 4 rings (SSSR count). The summed E-state index contributed by atoms with van der Waals surface area (Å²) >= 11 is 0. The average molecular weight is 291 g/mol. The number of anilines is 1. The number of aromatic nitrogens is 2. The fraction of sp³-hybridized carbons (Fsp3) is 0.118. The van der Waals surface area contributed by atoms with Crippen molar-refractivity contribution in [2.45, 2.75) is 6.42 Å². The Bertz CT molecular complexity index is 946. The lowest BCUT2D eigenvalue weighted by Gasteiger charge is -2.28. The minimum Gasteiger partial charge on any atom is -0.319 e. The Morgan fingerprint density at radius 1 is 1.09 bits per heavy atom. The molecule has 0 radical (unpaired) electrons. The summed E-state index contributed by atoms with van der Waals surface area (Å²) in [5.41, 5.74) is 3.69. The van der Waals surface area contributed by atoms with Crippen LogP contribution in [0.1, 0.15) is 15.9 Å². The van der Waals surface area contributed by atoms with E-state index in [4.69, 9.17) is 0 Å². The number of carbonyl (C=O) groups is 1. The van der Waals surface area contributed by atoms with Crippen molar-refractivity contribution >= 4 is 22.6 Å². The number of rotatable bonds is 1. The molecule has 1 amide bonds. The van der Waals surface area contributed by atoms with E-state index in [9.17, 15) is 9.59 Å². The van der Waals surface area contributed by atoms with Crippen LogP contribution >= 0.6 is 0 Å². The molecule has 0 fully saturated rings. The van der Waals surface area contributed by atoms with Gasteiger partial charge in [0.15, 0.2) is 0 Å². The number of H-pyrrole nitrogens is 1. The fourth-order valence-electron chi connectivity index (χ4n) is 2.87. The summed E-state index contributed by atoms with van der Waals surface area (Å²) < 4.78 is 0. The number of nitrogens with zero attached hydrogens (tertiary/aromatic N) is 2. The minimum absolute atomic E-state index is 0.00700. The number of nitrogens with one attached hydrogen (secondary N) is 1. The number of hydrogen-bond acceptors (Lipinski definition) is 3. The maximum atomic E-state index is 12.7. The SMILES string of the molecule is O=C1c2ccccc2CCN1c1ccc2ncc(=O)[nH]c2c1. The number of aromatic amines is 1. The van der Waals surface area contributed by atoms with E-state index in [1.807, 2.05) is 36.4 Å². The van der Waals surface area contributed by atoms with Crippen molar-refractivity contribution in [2.75, 3.05) is 11.4 Å². The largest absolute Gasteiger partial charge is 0.319 e. The Kier molecular flexibility index (Phi) is 2.79. The molecule has 1 aromatic heterocycles. The highest BCUT2D eigenvalue weighted by molar-refractivity contribution is 6.08. The average Bonchev–Trinajstić information content (AvgIpc) is 2.55. The van der Waals surface area contributed by atoms with Crippen molar-refractivity contribution in [3.63, 3.8) is 0 Å². The number of hydrogen-bond donors (Lipinski definition) is 1. The molecule has 3 aromatic rings. The number of carbonyl (C=O) groups excluding carboxylic acids is 1. The highest BCUT2D eigenvalue weighted by Gasteiger charge is 2.25. The van der Waals surface area contributed by atoms with Crippen LogP contribution in [0.15, 0.2) is 53.5 Å². The van der Waals surface area contributed by atoms with Gasteiger partial charge in [-0.25, -0.2) is 4.98 Å². The predicted molar refractivity (Wildman–Crippen MR) is 84.2 cm³/mol. The fourth-order valence-corrected chi connectivity index (χ4v) is 2.87. The van der Waals surface area contributed by atoms with Crippen LogP contribution in [0.2, 0.25) is 0 Å². The maximum absolute atomic E-state index is 12.7. The van der Waals surface area contributed by atoms with Crippen molar-refractivity contribution in [3.05, 3.63) is 70.1 Å². The predicted octanol–water partition coefficient (Wildman–Crippen LogP) is 2.13. The third-order valence-corrected chi connectivity index (χ3v) is 3.97. The molecule has 1 aliphatic rings. The molecule has 1 aliphatic heterocycles. The molecule has 0 atom stereocenters. The molecule has 108 valence electrons. The molecule has 5 heteroatoms. The third-order valence-electron chi connectivity index (χ3n) is 3.97. The molecule has 0 saturated carbocycles. The lowest BCUT2D eigenvalue weighted by molar-refractivity contribution is 0.0980. The molecule has 0 saturated heterocycles. The van der Waals surface area contributed by atoms with Gasteiger partial charge in [-0.3, -0.25) is 9.59 Å². The van der Waals surface area contributed by atoms with Crippen molar-refractivity contribution in [1.82, 2.24) is 9.97 Å². The van der Waals surface area contributed by atoms with E-state index in [0.29, 0.717) is 17.6 Å². The first-order valence-corrected chi connectivity index (χ1v) is 7.11. The second-order valence-electron chi connectivity index (χ2n) is 5.31. The van der Waals surface area contributed by atoms with Crippen LogP contribution in [-0.4, -0.2) is 22.4 Å². The van der Waals surface area contributed by atoms with Gasteiger partial charge in [0.1, 0.15) is 0 Å². The molecule has 2 aromatic carbocycles. The second-order valence-corrected chi connectivity index (χ2v) is 5.31. The lowest BCUT2D eigenvalue weighted by Crippen LogP contribution is -2.37. The lowest BCUT2D eigenvalue weighted by atomic mass is 9.98. The Labute approximate surface area is 126 Å². The molecule has 0 aliphatic carbocycles. The van der Waals surface area contributed by atoms with Crippen LogP contribution in [0.3, 0.4) is 0 Å². The van der Waals surface area contributed by atoms with Gasteiger partial charge >= 0.3 is 0 Å². The van der Waals surface area contributed by atoms with Crippen molar-refractivity contribution in [1.29, 1.82) is 0 Å². The van der Waals surface area contributed by atoms with E-state index >= 15 is 0 Å². The molecule has 22 heavy (non-hydrogen) atoms. The van der Waals surface area contributed by atoms with Gasteiger partial charge in [-0.15, -0.1) is 0 Å². The smallest absolute Gasteiger partial charge is 0.266 e. The van der Waals surface area contributed by atoms with Crippen LogP contribution in [0.4, 0.5) is 5.69 Å². The van der Waals surface area contributed by atoms with Gasteiger partial charge in [0.25, 0.3) is 11.5 Å². The summed E-state index contributed by atoms with van der Waals surface area (Å²) in [5.74, 6) is -0.00700. The summed E-state index contributed by atoms with van der Waals surface area (Å²) in [6, 6.07) is 13.2. The summed E-state index contributed by atoms with van der Waals surface area (Å²) in [7, 11) is 0. The van der Waals surface area contributed by atoms with Crippen molar-refractivity contribution < 1.29 is 4.79 Å². The summed E-state index contributed by atoms with van der Waals surface area (Å²) in [4.78, 5) is 32.6. The molecular weight excluding hydrogens is 278 g/mol. The first-order valence-electron chi connectivity index (χ1n) is 7.11. The molecule has 1 N–H and O–H groups in total. The normalized spacial score (nSPS) is 14.2. The summed E-state index contributed by atoms with van der Waals surface area (Å²) in [5, 5.41) is 0. The van der Waals surface area contributed by atoms with Gasteiger partial charge in [-0.05, 0) is 36.2 Å². The molecule has 5 nitrogen and oxygen atoms in total. The van der Waals surface area contributed by atoms with Gasteiger partial charge < -0.3 is 9.88 Å². The Balaban J connectivity index is 1.79. The molecule has 0 unspecified atom stereocenters. The van der Waals surface area contributed by atoms with Crippen LogP contribution in [-0.2, 0) is 6.42 Å². The van der Waals surface area contributed by atoms with Crippen LogP contribution < -0.4 is 10.5 Å². The zero-order valence-electron chi connectivity index (χ0n) is 11.7. The monoisotopic (exact) mass is 291 g/mol. The van der Waals surface area contributed by atoms with E-state index < -0.39 is 0 Å². The van der Waals surface area contributed by atoms with Gasteiger partial charge in [-0.1, -0.05) is 18.2 Å². The summed E-state index contributed by atoms with van der Waals surface area (Å²) in [6.45, 7) is 0.631. The molecular formula is C17H13N3O2. The van der Waals surface area contributed by atoms with Gasteiger partial charge in [0.2, 0.25) is 0 Å². The van der Waals surface area contributed by atoms with Crippen molar-refractivity contribution in [2.24, 2.45) is 0 Å². The summed E-state index contributed by atoms with van der Waals surface area (Å²) in [6.07, 6.45) is 2.08. The van der Waals surface area contributed by atoms with E-state index in [-0.39, 0.29) is 11.5 Å². The quantitative estimate of drug-likeness (QED) is 0.747. The maximum Gasteiger partial charge on any atom is 0.266 e. The van der Waals surface area contributed by atoms with E-state index in [0.717, 1.165) is 23.2 Å². The third kappa shape index (κ3) is 1.98. The van der Waals surface area contributed by atoms with Crippen LogP contribution in [0.5, 0.6) is 0 Å². The molecule has 2 heterocycles. The van der Waals surface area contributed by atoms with Gasteiger partial charge in [0, 0.05) is 17.8 Å². The van der Waals surface area contributed by atoms with E-state index in [1.165, 1.54) is 6.20 Å². The molecule has 0 bridgehead atoms. The highest BCUT2D eigenvalue weighted by Crippen LogP contribution is 2.26. The van der Waals surface area contributed by atoms with Gasteiger partial charge in [-0.2, -0.15) is 0 Å². The van der Waals surface area contributed by atoms with Crippen LogP contribution in [0.25, 0.3) is 11.0 Å². The second kappa shape index (κ2) is 4.80. The zero-order chi connectivity index (χ0) is 15.1. The first kappa shape index (κ1) is 12.8. The Hall–Kier alpha value is -2.95. The topological polar surface area (TPSA) is 66.1 Å². The Morgan fingerprint density at radius 2 is 1.95 bits per heavy atom. The zero-order valence-corrected chi connectivity index (χ0v) is 11.7. The number of fused-ring (bicyclic) bond motifs is 2. The standard InChI is InChI=1S/C17H13N3O2/c21-16-10-18-14-6-5-12(9-15(14)19-16)20-8-7-11-3-1-2-4-13(11)17(20)22/h1-6,9-10H,7-8H2,(H,19,21). The first-order chi connectivity index (χ1) is 10.7. The number of amides is 1. The number of benzene rings is 2. The van der Waals surface area contributed by atoms with E-state index in [1.54, 1.807) is 11.0 Å². The van der Waals surface area contributed by atoms with Crippen molar-refractivity contribution in [3.8, 4) is 0 Å².